The van der Waals surface area contributed by atoms with E-state index in [2.05, 4.69) is 0 Å². The van der Waals surface area contributed by atoms with Crippen LogP contribution in [0.25, 0.3) is 10.1 Å². The van der Waals surface area contributed by atoms with E-state index in [1.165, 1.54) is 23.5 Å². The third-order valence-corrected chi connectivity index (χ3v) is 3.55. The van der Waals surface area contributed by atoms with E-state index < -0.39 is 4.92 Å². The van der Waals surface area contributed by atoms with Gasteiger partial charge in [0.2, 0.25) is 0 Å². The lowest BCUT2D eigenvalue weighted by atomic mass is 10.2. The van der Waals surface area contributed by atoms with Crippen LogP contribution in [0.4, 0.5) is 5.69 Å². The van der Waals surface area contributed by atoms with Crippen LogP contribution in [-0.2, 0) is 0 Å². The number of rotatable bonds is 1. The average Bonchev–Trinajstić information content (AvgIpc) is 2.49. The zero-order valence-corrected chi connectivity index (χ0v) is 8.99. The molecule has 1 heterocycles. The van der Waals surface area contributed by atoms with Gasteiger partial charge in [0.1, 0.15) is 4.70 Å². The molecule has 0 unspecified atom stereocenters. The zero-order chi connectivity index (χ0) is 10.3. The highest BCUT2D eigenvalue weighted by atomic mass is 35.5. The Kier molecular flexibility index (Phi) is 2.34. The zero-order valence-electron chi connectivity index (χ0n) is 6.66. The standard InChI is InChI=1S/C8H3Cl2NO2S/c9-4-1-2-6(11(12)13)8-7(4)5(10)3-14-8/h1-3H. The van der Waals surface area contributed by atoms with Crippen LogP contribution in [0, 0.1) is 10.1 Å². The van der Waals surface area contributed by atoms with Crippen LogP contribution in [0.1, 0.15) is 0 Å². The first-order valence-electron chi connectivity index (χ1n) is 3.61. The molecule has 0 aliphatic carbocycles. The molecule has 2 aromatic rings. The predicted molar refractivity (Wildman–Crippen MR) is 58.5 cm³/mol. The molecule has 0 saturated carbocycles. The molecule has 0 radical (unpaired) electrons. The van der Waals surface area contributed by atoms with Gasteiger partial charge in [-0.25, -0.2) is 0 Å². The minimum atomic E-state index is -0.439. The molecular weight excluding hydrogens is 245 g/mol. The second-order valence-electron chi connectivity index (χ2n) is 2.61. The van der Waals surface area contributed by atoms with Crippen molar-refractivity contribution in [2.45, 2.75) is 0 Å². The van der Waals surface area contributed by atoms with Gasteiger partial charge in [-0.2, -0.15) is 0 Å². The molecule has 0 atom stereocenters. The van der Waals surface area contributed by atoms with E-state index in [-0.39, 0.29) is 5.69 Å². The summed E-state index contributed by atoms with van der Waals surface area (Å²) in [5.74, 6) is 0. The first kappa shape index (κ1) is 9.71. The quantitative estimate of drug-likeness (QED) is 0.562. The minimum Gasteiger partial charge on any atom is -0.258 e. The van der Waals surface area contributed by atoms with Crippen molar-refractivity contribution in [2.75, 3.05) is 0 Å². The van der Waals surface area contributed by atoms with Crippen molar-refractivity contribution in [1.82, 2.24) is 0 Å². The van der Waals surface area contributed by atoms with Crippen molar-refractivity contribution < 1.29 is 4.92 Å². The number of fused-ring (bicyclic) bond motifs is 1. The number of nitro benzene ring substituents is 1. The Hall–Kier alpha value is -0.840. The second kappa shape index (κ2) is 3.38. The van der Waals surface area contributed by atoms with Crippen molar-refractivity contribution in [1.29, 1.82) is 0 Å². The molecule has 0 aliphatic rings. The van der Waals surface area contributed by atoms with Crippen LogP contribution in [0.15, 0.2) is 17.5 Å². The largest absolute Gasteiger partial charge is 0.287 e. The SMILES string of the molecule is O=[N+]([O-])c1ccc(Cl)c2c(Cl)csc12. The Balaban J connectivity index is 2.90. The molecule has 0 spiro atoms. The van der Waals surface area contributed by atoms with E-state index in [1.807, 2.05) is 0 Å². The molecule has 0 bridgehead atoms. The number of benzene rings is 1. The fraction of sp³-hybridized carbons (Fsp3) is 0. The molecule has 14 heavy (non-hydrogen) atoms. The Morgan fingerprint density at radius 2 is 2.00 bits per heavy atom. The molecular formula is C8H3Cl2NO2S. The monoisotopic (exact) mass is 247 g/mol. The second-order valence-corrected chi connectivity index (χ2v) is 4.31. The van der Waals surface area contributed by atoms with E-state index in [0.29, 0.717) is 20.1 Å². The van der Waals surface area contributed by atoms with Gasteiger partial charge in [0.25, 0.3) is 5.69 Å². The summed E-state index contributed by atoms with van der Waals surface area (Å²) in [7, 11) is 0. The molecule has 1 aromatic heterocycles. The molecule has 0 fully saturated rings. The van der Waals surface area contributed by atoms with Crippen molar-refractivity contribution >= 4 is 50.3 Å². The van der Waals surface area contributed by atoms with Crippen molar-refractivity contribution in [3.63, 3.8) is 0 Å². The van der Waals surface area contributed by atoms with Crippen LogP contribution in [0.3, 0.4) is 0 Å². The normalized spacial score (nSPS) is 10.7. The third-order valence-electron chi connectivity index (χ3n) is 1.80. The Morgan fingerprint density at radius 3 is 2.64 bits per heavy atom. The Labute approximate surface area is 93.0 Å². The fourth-order valence-electron chi connectivity index (χ4n) is 1.20. The number of thiophene rings is 1. The molecule has 0 N–H and O–H groups in total. The summed E-state index contributed by atoms with van der Waals surface area (Å²) >= 11 is 13.0. The number of non-ortho nitro benzene ring substituents is 1. The summed E-state index contributed by atoms with van der Waals surface area (Å²) in [6.07, 6.45) is 0. The van der Waals surface area contributed by atoms with Gasteiger partial charge in [0.15, 0.2) is 0 Å². The molecule has 0 aliphatic heterocycles. The van der Waals surface area contributed by atoms with E-state index in [1.54, 1.807) is 5.38 Å². The lowest BCUT2D eigenvalue weighted by Gasteiger charge is -1.96. The predicted octanol–water partition coefficient (Wildman–Crippen LogP) is 4.12. The number of halogens is 2. The van der Waals surface area contributed by atoms with Crippen LogP contribution in [-0.4, -0.2) is 4.92 Å². The van der Waals surface area contributed by atoms with E-state index in [4.69, 9.17) is 23.2 Å². The number of nitro groups is 1. The maximum absolute atomic E-state index is 10.7. The number of nitrogens with zero attached hydrogens (tertiary/aromatic N) is 1. The highest BCUT2D eigenvalue weighted by Crippen LogP contribution is 2.40. The molecule has 1 aromatic carbocycles. The van der Waals surface area contributed by atoms with Crippen LogP contribution in [0.2, 0.25) is 10.0 Å². The smallest absolute Gasteiger partial charge is 0.258 e. The van der Waals surface area contributed by atoms with Crippen LogP contribution < -0.4 is 0 Å². The summed E-state index contributed by atoms with van der Waals surface area (Å²) in [6.45, 7) is 0. The van der Waals surface area contributed by atoms with E-state index >= 15 is 0 Å². The molecule has 72 valence electrons. The van der Waals surface area contributed by atoms with Gasteiger partial charge in [-0.3, -0.25) is 10.1 Å². The van der Waals surface area contributed by atoms with Crippen LogP contribution in [0.5, 0.6) is 0 Å². The molecule has 0 saturated heterocycles. The Bertz CT molecular complexity index is 523. The highest BCUT2D eigenvalue weighted by molar-refractivity contribution is 7.18. The summed E-state index contributed by atoms with van der Waals surface area (Å²) in [5.41, 5.74) is 0.0429. The van der Waals surface area contributed by atoms with Gasteiger partial charge in [0, 0.05) is 16.8 Å². The van der Waals surface area contributed by atoms with Crippen LogP contribution >= 0.6 is 34.5 Å². The van der Waals surface area contributed by atoms with Crippen molar-refractivity contribution in [3.8, 4) is 0 Å². The first-order valence-corrected chi connectivity index (χ1v) is 5.24. The maximum Gasteiger partial charge on any atom is 0.287 e. The summed E-state index contributed by atoms with van der Waals surface area (Å²) in [6, 6.07) is 2.87. The lowest BCUT2D eigenvalue weighted by molar-refractivity contribution is -0.382. The summed E-state index contributed by atoms with van der Waals surface area (Å²) in [5, 5.41) is 13.8. The van der Waals surface area contributed by atoms with Gasteiger partial charge in [-0.1, -0.05) is 23.2 Å². The topological polar surface area (TPSA) is 43.1 Å². The lowest BCUT2D eigenvalue weighted by Crippen LogP contribution is -1.87. The maximum atomic E-state index is 10.7. The molecule has 0 amide bonds. The van der Waals surface area contributed by atoms with Crippen molar-refractivity contribution in [2.24, 2.45) is 0 Å². The van der Waals surface area contributed by atoms with Crippen molar-refractivity contribution in [3.05, 3.63) is 37.7 Å². The minimum absolute atomic E-state index is 0.0429. The summed E-state index contributed by atoms with van der Waals surface area (Å²) < 4.78 is 0.521. The van der Waals surface area contributed by atoms with E-state index in [0.717, 1.165) is 0 Å². The highest BCUT2D eigenvalue weighted by Gasteiger charge is 2.17. The van der Waals surface area contributed by atoms with Gasteiger partial charge in [0.05, 0.1) is 15.0 Å². The van der Waals surface area contributed by atoms with Gasteiger partial charge >= 0.3 is 0 Å². The average molecular weight is 248 g/mol. The molecule has 3 nitrogen and oxygen atoms in total. The van der Waals surface area contributed by atoms with Gasteiger partial charge in [-0.15, -0.1) is 11.3 Å². The molecule has 2 rings (SSSR count). The fourth-order valence-corrected chi connectivity index (χ4v) is 2.89. The number of hydrogen-bond donors (Lipinski definition) is 0. The molecule has 6 heteroatoms. The van der Waals surface area contributed by atoms with Gasteiger partial charge < -0.3 is 0 Å². The third kappa shape index (κ3) is 1.35. The first-order chi connectivity index (χ1) is 6.61. The Morgan fingerprint density at radius 1 is 1.29 bits per heavy atom. The summed E-state index contributed by atoms with van der Waals surface area (Å²) in [4.78, 5) is 10.2. The van der Waals surface area contributed by atoms with Gasteiger partial charge in [-0.05, 0) is 6.07 Å². The number of hydrogen-bond acceptors (Lipinski definition) is 3. The van der Waals surface area contributed by atoms with E-state index in [9.17, 15) is 10.1 Å².